The van der Waals surface area contributed by atoms with E-state index in [9.17, 15) is 4.79 Å². The molecule has 0 saturated heterocycles. The number of carbonyl (C=O) groups is 1. The third-order valence-electron chi connectivity index (χ3n) is 3.09. The first-order valence-electron chi connectivity index (χ1n) is 6.97. The molecule has 1 rings (SSSR count). The summed E-state index contributed by atoms with van der Waals surface area (Å²) in [6.07, 6.45) is 3.32. The Kier molecular flexibility index (Phi) is 6.45. The Bertz CT molecular complexity index is 500. The topological polar surface area (TPSA) is 67.2 Å². The molecule has 0 aliphatic carbocycles. The fourth-order valence-electron chi connectivity index (χ4n) is 2.07. The SMILES string of the molecule is CCCCC(=O)Nc1c(C)cc(NC(N)=S)cc1CC. The molecule has 0 heterocycles. The molecule has 110 valence electrons. The van der Waals surface area contributed by atoms with E-state index in [2.05, 4.69) is 24.5 Å². The molecule has 4 nitrogen and oxygen atoms in total. The van der Waals surface area contributed by atoms with Gasteiger partial charge in [0.15, 0.2) is 5.11 Å². The summed E-state index contributed by atoms with van der Waals surface area (Å²) in [5, 5.41) is 6.19. The lowest BCUT2D eigenvalue weighted by molar-refractivity contribution is -0.116. The monoisotopic (exact) mass is 293 g/mol. The number of nitrogens with one attached hydrogen (secondary N) is 2. The smallest absolute Gasteiger partial charge is 0.224 e. The standard InChI is InChI=1S/C15H23N3OS/c1-4-6-7-13(19)18-14-10(3)8-12(17-15(16)20)9-11(14)5-2/h8-9H,4-7H2,1-3H3,(H,18,19)(H3,16,17,20). The summed E-state index contributed by atoms with van der Waals surface area (Å²) in [7, 11) is 0. The number of amides is 1. The minimum Gasteiger partial charge on any atom is -0.376 e. The van der Waals surface area contributed by atoms with E-state index in [1.54, 1.807) is 0 Å². The number of carbonyl (C=O) groups excluding carboxylic acids is 1. The third-order valence-corrected chi connectivity index (χ3v) is 3.19. The zero-order valence-corrected chi connectivity index (χ0v) is 13.2. The highest BCUT2D eigenvalue weighted by atomic mass is 32.1. The summed E-state index contributed by atoms with van der Waals surface area (Å²) in [4.78, 5) is 11.9. The third kappa shape index (κ3) is 4.81. The normalized spacial score (nSPS) is 10.2. The van der Waals surface area contributed by atoms with Crippen molar-refractivity contribution in [3.63, 3.8) is 0 Å². The van der Waals surface area contributed by atoms with Crippen LogP contribution in [0.1, 0.15) is 44.2 Å². The fourth-order valence-corrected chi connectivity index (χ4v) is 2.19. The van der Waals surface area contributed by atoms with Gasteiger partial charge in [0.05, 0.1) is 0 Å². The van der Waals surface area contributed by atoms with Gasteiger partial charge >= 0.3 is 0 Å². The lowest BCUT2D eigenvalue weighted by atomic mass is 10.0. The summed E-state index contributed by atoms with van der Waals surface area (Å²) < 4.78 is 0. The van der Waals surface area contributed by atoms with Gasteiger partial charge in [0.1, 0.15) is 0 Å². The molecule has 1 amide bonds. The van der Waals surface area contributed by atoms with Crippen molar-refractivity contribution in [2.45, 2.75) is 46.5 Å². The molecule has 0 bridgehead atoms. The van der Waals surface area contributed by atoms with Crippen LogP contribution in [0.4, 0.5) is 11.4 Å². The number of aryl methyl sites for hydroxylation is 2. The van der Waals surface area contributed by atoms with Crippen molar-refractivity contribution < 1.29 is 4.79 Å². The lowest BCUT2D eigenvalue weighted by Crippen LogP contribution is -2.19. The minimum atomic E-state index is 0.0692. The van der Waals surface area contributed by atoms with Crippen LogP contribution in [-0.4, -0.2) is 11.0 Å². The Hall–Kier alpha value is -1.62. The van der Waals surface area contributed by atoms with Crippen molar-refractivity contribution in [2.24, 2.45) is 5.73 Å². The van der Waals surface area contributed by atoms with Gasteiger partial charge in [-0.15, -0.1) is 0 Å². The Morgan fingerprint density at radius 1 is 1.30 bits per heavy atom. The number of anilines is 2. The highest BCUT2D eigenvalue weighted by Gasteiger charge is 2.10. The van der Waals surface area contributed by atoms with Gasteiger partial charge in [0, 0.05) is 17.8 Å². The minimum absolute atomic E-state index is 0.0692. The molecule has 4 N–H and O–H groups in total. The van der Waals surface area contributed by atoms with Crippen LogP contribution in [-0.2, 0) is 11.2 Å². The molecule has 1 aromatic rings. The molecule has 0 fully saturated rings. The van der Waals surface area contributed by atoms with Crippen molar-refractivity contribution >= 4 is 34.6 Å². The summed E-state index contributed by atoms with van der Waals surface area (Å²) in [6.45, 7) is 6.10. The van der Waals surface area contributed by atoms with Crippen LogP contribution in [0.25, 0.3) is 0 Å². The fraction of sp³-hybridized carbons (Fsp3) is 0.467. The molecule has 20 heavy (non-hydrogen) atoms. The lowest BCUT2D eigenvalue weighted by Gasteiger charge is -2.16. The number of unbranched alkanes of at least 4 members (excludes halogenated alkanes) is 1. The largest absolute Gasteiger partial charge is 0.376 e. The van der Waals surface area contributed by atoms with E-state index in [0.29, 0.717) is 6.42 Å². The van der Waals surface area contributed by atoms with Crippen LogP contribution >= 0.6 is 12.2 Å². The molecular formula is C15H23N3OS. The Balaban J connectivity index is 2.95. The van der Waals surface area contributed by atoms with Gasteiger partial charge < -0.3 is 16.4 Å². The Labute approximate surface area is 126 Å². The zero-order chi connectivity index (χ0) is 15.1. The number of hydrogen-bond acceptors (Lipinski definition) is 2. The molecule has 0 aliphatic heterocycles. The van der Waals surface area contributed by atoms with E-state index in [-0.39, 0.29) is 11.0 Å². The van der Waals surface area contributed by atoms with E-state index < -0.39 is 0 Å². The van der Waals surface area contributed by atoms with Crippen LogP contribution in [0.5, 0.6) is 0 Å². The first-order chi connectivity index (χ1) is 9.47. The summed E-state index contributed by atoms with van der Waals surface area (Å²) in [5.41, 5.74) is 9.34. The number of rotatable bonds is 6. The van der Waals surface area contributed by atoms with Crippen molar-refractivity contribution in [1.82, 2.24) is 0 Å². The Morgan fingerprint density at radius 3 is 2.55 bits per heavy atom. The molecule has 0 radical (unpaired) electrons. The molecule has 0 atom stereocenters. The van der Waals surface area contributed by atoms with Crippen LogP contribution in [0.3, 0.4) is 0 Å². The molecule has 0 saturated carbocycles. The first kappa shape index (κ1) is 16.4. The van der Waals surface area contributed by atoms with Crippen LogP contribution in [0.2, 0.25) is 0 Å². The first-order valence-corrected chi connectivity index (χ1v) is 7.38. The van der Waals surface area contributed by atoms with Gasteiger partial charge in [-0.1, -0.05) is 20.3 Å². The summed E-state index contributed by atoms with van der Waals surface area (Å²) in [6, 6.07) is 3.91. The average molecular weight is 293 g/mol. The second-order valence-electron chi connectivity index (χ2n) is 4.82. The van der Waals surface area contributed by atoms with Crippen LogP contribution < -0.4 is 16.4 Å². The number of hydrogen-bond donors (Lipinski definition) is 3. The van der Waals surface area contributed by atoms with Gasteiger partial charge in [-0.05, 0) is 55.2 Å². The van der Waals surface area contributed by atoms with E-state index in [0.717, 1.165) is 41.8 Å². The summed E-state index contributed by atoms with van der Waals surface area (Å²) >= 11 is 4.85. The molecule has 0 unspecified atom stereocenters. The van der Waals surface area contributed by atoms with Gasteiger partial charge in [-0.3, -0.25) is 4.79 Å². The number of benzene rings is 1. The molecule has 0 aliphatic rings. The number of nitrogens with two attached hydrogens (primary N) is 1. The maximum Gasteiger partial charge on any atom is 0.224 e. The van der Waals surface area contributed by atoms with Crippen LogP contribution in [0, 0.1) is 6.92 Å². The number of thiocarbonyl (C=S) groups is 1. The van der Waals surface area contributed by atoms with Crippen molar-refractivity contribution in [3.05, 3.63) is 23.3 Å². The predicted molar refractivity (Wildman–Crippen MR) is 89.1 cm³/mol. The van der Waals surface area contributed by atoms with Crippen molar-refractivity contribution in [1.29, 1.82) is 0 Å². The zero-order valence-electron chi connectivity index (χ0n) is 12.4. The van der Waals surface area contributed by atoms with Gasteiger partial charge in [0.2, 0.25) is 5.91 Å². The molecule has 0 aromatic heterocycles. The maximum absolute atomic E-state index is 11.9. The molecule has 0 spiro atoms. The van der Waals surface area contributed by atoms with Gasteiger partial charge in [-0.2, -0.15) is 0 Å². The summed E-state index contributed by atoms with van der Waals surface area (Å²) in [5.74, 6) is 0.0692. The second-order valence-corrected chi connectivity index (χ2v) is 5.26. The van der Waals surface area contributed by atoms with Gasteiger partial charge in [0.25, 0.3) is 0 Å². The Morgan fingerprint density at radius 2 is 2.00 bits per heavy atom. The van der Waals surface area contributed by atoms with E-state index in [1.165, 1.54) is 0 Å². The van der Waals surface area contributed by atoms with E-state index >= 15 is 0 Å². The van der Waals surface area contributed by atoms with E-state index in [4.69, 9.17) is 18.0 Å². The average Bonchev–Trinajstić information content (AvgIpc) is 2.38. The maximum atomic E-state index is 11.9. The van der Waals surface area contributed by atoms with E-state index in [1.807, 2.05) is 19.1 Å². The second kappa shape index (κ2) is 7.85. The highest BCUT2D eigenvalue weighted by molar-refractivity contribution is 7.80. The quantitative estimate of drug-likeness (QED) is 0.704. The van der Waals surface area contributed by atoms with Crippen molar-refractivity contribution in [2.75, 3.05) is 10.6 Å². The molecule has 1 aromatic carbocycles. The molecule has 5 heteroatoms. The van der Waals surface area contributed by atoms with Gasteiger partial charge in [-0.25, -0.2) is 0 Å². The van der Waals surface area contributed by atoms with Crippen molar-refractivity contribution in [3.8, 4) is 0 Å². The predicted octanol–water partition coefficient (Wildman–Crippen LogP) is 3.34. The molecular weight excluding hydrogens is 270 g/mol. The highest BCUT2D eigenvalue weighted by Crippen LogP contribution is 2.26. The van der Waals surface area contributed by atoms with Crippen LogP contribution in [0.15, 0.2) is 12.1 Å².